The highest BCUT2D eigenvalue weighted by Crippen LogP contribution is 2.29. The molecule has 1 aromatic heterocycles. The fraction of sp³-hybridized carbons (Fsp3) is 0.150. The summed E-state index contributed by atoms with van der Waals surface area (Å²) >= 11 is 0. The number of anilines is 2. The Labute approximate surface area is 156 Å². The molecule has 0 spiro atoms. The lowest BCUT2D eigenvalue weighted by atomic mass is 10.1. The summed E-state index contributed by atoms with van der Waals surface area (Å²) in [6.45, 7) is 3.86. The number of ether oxygens (including phenoxy) is 1. The molecule has 0 aliphatic carbocycles. The molecule has 4 rings (SSSR count). The van der Waals surface area contributed by atoms with Crippen molar-refractivity contribution in [2.24, 2.45) is 0 Å². The average molecular weight is 362 g/mol. The summed E-state index contributed by atoms with van der Waals surface area (Å²) in [6, 6.07) is 14.6. The van der Waals surface area contributed by atoms with Crippen LogP contribution in [0.15, 0.2) is 48.5 Å². The van der Waals surface area contributed by atoms with Crippen LogP contribution in [-0.2, 0) is 4.79 Å². The lowest BCUT2D eigenvalue weighted by Gasteiger charge is -2.18. The molecule has 0 atom stereocenters. The quantitative estimate of drug-likeness (QED) is 0.750. The predicted octanol–water partition coefficient (Wildman–Crippen LogP) is 3.07. The highest BCUT2D eigenvalue weighted by atomic mass is 16.5. The van der Waals surface area contributed by atoms with Crippen molar-refractivity contribution < 1.29 is 14.3 Å². The highest BCUT2D eigenvalue weighted by Gasteiger charge is 2.19. The maximum atomic E-state index is 12.7. The third kappa shape index (κ3) is 3.39. The number of nitrogens with one attached hydrogen (secondary N) is 2. The summed E-state index contributed by atoms with van der Waals surface area (Å²) in [5, 5.41) is 10.1. The SMILES string of the molecule is Cc1ccc(-n2nc(C)cc2NC(=O)c2ccc3c(c2)NC(=O)CO3)cc1. The lowest BCUT2D eigenvalue weighted by molar-refractivity contribution is -0.118. The van der Waals surface area contributed by atoms with E-state index < -0.39 is 0 Å². The molecule has 0 fully saturated rings. The van der Waals surface area contributed by atoms with Gasteiger partial charge < -0.3 is 15.4 Å². The molecule has 7 nitrogen and oxygen atoms in total. The number of aromatic nitrogens is 2. The molecule has 2 N–H and O–H groups in total. The maximum absolute atomic E-state index is 12.7. The first kappa shape index (κ1) is 16.8. The summed E-state index contributed by atoms with van der Waals surface area (Å²) < 4.78 is 7.01. The van der Waals surface area contributed by atoms with Crippen LogP contribution in [0.25, 0.3) is 5.69 Å². The van der Waals surface area contributed by atoms with Gasteiger partial charge in [-0.1, -0.05) is 17.7 Å². The van der Waals surface area contributed by atoms with Crippen LogP contribution in [0.2, 0.25) is 0 Å². The third-order valence-corrected chi connectivity index (χ3v) is 4.23. The minimum Gasteiger partial charge on any atom is -0.482 e. The summed E-state index contributed by atoms with van der Waals surface area (Å²) in [4.78, 5) is 24.2. The van der Waals surface area contributed by atoms with Crippen LogP contribution < -0.4 is 15.4 Å². The van der Waals surface area contributed by atoms with Crippen LogP contribution in [0.4, 0.5) is 11.5 Å². The van der Waals surface area contributed by atoms with Gasteiger partial charge in [-0.2, -0.15) is 5.10 Å². The Kier molecular flexibility index (Phi) is 4.12. The number of carbonyl (C=O) groups excluding carboxylic acids is 2. The largest absolute Gasteiger partial charge is 0.482 e. The Hall–Kier alpha value is -3.61. The molecule has 0 unspecified atom stereocenters. The van der Waals surface area contributed by atoms with Gasteiger partial charge in [0.2, 0.25) is 0 Å². The van der Waals surface area contributed by atoms with E-state index in [4.69, 9.17) is 4.74 Å². The fourth-order valence-electron chi connectivity index (χ4n) is 2.88. The van der Waals surface area contributed by atoms with E-state index in [1.54, 1.807) is 28.9 Å². The van der Waals surface area contributed by atoms with Crippen molar-refractivity contribution in [2.75, 3.05) is 17.2 Å². The molecule has 27 heavy (non-hydrogen) atoms. The maximum Gasteiger partial charge on any atom is 0.262 e. The zero-order valence-corrected chi connectivity index (χ0v) is 14.9. The third-order valence-electron chi connectivity index (χ3n) is 4.23. The minimum atomic E-state index is -0.300. The second-order valence-corrected chi connectivity index (χ2v) is 6.42. The first-order chi connectivity index (χ1) is 13.0. The molecule has 2 heterocycles. The van der Waals surface area contributed by atoms with Crippen molar-refractivity contribution in [3.05, 3.63) is 65.4 Å². The molecule has 0 saturated carbocycles. The number of carbonyl (C=O) groups is 2. The van der Waals surface area contributed by atoms with Crippen LogP contribution in [0.1, 0.15) is 21.6 Å². The summed E-state index contributed by atoms with van der Waals surface area (Å²) in [5.74, 6) is 0.574. The molecular formula is C20H18N4O3. The van der Waals surface area contributed by atoms with Crippen LogP contribution in [0, 0.1) is 13.8 Å². The van der Waals surface area contributed by atoms with E-state index >= 15 is 0 Å². The van der Waals surface area contributed by atoms with Crippen molar-refractivity contribution in [1.29, 1.82) is 0 Å². The first-order valence-electron chi connectivity index (χ1n) is 8.51. The standard InChI is InChI=1S/C20H18N4O3/c1-12-3-6-15(7-4-12)24-18(9-13(2)23-24)22-20(26)14-5-8-17-16(10-14)21-19(25)11-27-17/h3-10H,11H2,1-2H3,(H,21,25)(H,22,26). The Morgan fingerprint density at radius 2 is 1.93 bits per heavy atom. The number of hydrogen-bond donors (Lipinski definition) is 2. The lowest BCUT2D eigenvalue weighted by Crippen LogP contribution is -2.25. The second kappa shape index (κ2) is 6.60. The zero-order chi connectivity index (χ0) is 19.0. The van der Waals surface area contributed by atoms with Gasteiger partial charge in [0.1, 0.15) is 11.6 Å². The normalized spacial score (nSPS) is 12.7. The highest BCUT2D eigenvalue weighted by molar-refractivity contribution is 6.06. The number of fused-ring (bicyclic) bond motifs is 1. The number of hydrogen-bond acceptors (Lipinski definition) is 4. The van der Waals surface area contributed by atoms with Crippen LogP contribution in [0.5, 0.6) is 5.75 Å². The van der Waals surface area contributed by atoms with E-state index in [0.29, 0.717) is 22.8 Å². The molecule has 2 amide bonds. The van der Waals surface area contributed by atoms with E-state index in [1.165, 1.54) is 0 Å². The zero-order valence-electron chi connectivity index (χ0n) is 14.9. The van der Waals surface area contributed by atoms with Gasteiger partial charge in [0.25, 0.3) is 11.8 Å². The van der Waals surface area contributed by atoms with E-state index in [1.807, 2.05) is 38.1 Å². The van der Waals surface area contributed by atoms with E-state index in [0.717, 1.165) is 16.9 Å². The number of benzene rings is 2. The fourth-order valence-corrected chi connectivity index (χ4v) is 2.88. The van der Waals surface area contributed by atoms with Crippen molar-refractivity contribution in [2.45, 2.75) is 13.8 Å². The number of nitrogens with zero attached hydrogens (tertiary/aromatic N) is 2. The van der Waals surface area contributed by atoms with Gasteiger partial charge in [-0.25, -0.2) is 4.68 Å². The molecule has 0 bridgehead atoms. The molecule has 1 aliphatic rings. The van der Waals surface area contributed by atoms with Gasteiger partial charge in [-0.3, -0.25) is 9.59 Å². The number of amides is 2. The molecule has 7 heteroatoms. The van der Waals surface area contributed by atoms with Crippen molar-refractivity contribution in [3.8, 4) is 11.4 Å². The summed E-state index contributed by atoms with van der Waals surface area (Å²) in [6.07, 6.45) is 0. The molecule has 2 aromatic carbocycles. The van der Waals surface area contributed by atoms with E-state index in [9.17, 15) is 9.59 Å². The van der Waals surface area contributed by atoms with Gasteiger partial charge in [0.15, 0.2) is 6.61 Å². The Balaban J connectivity index is 1.61. The number of rotatable bonds is 3. The van der Waals surface area contributed by atoms with Gasteiger partial charge in [0.05, 0.1) is 17.1 Å². The minimum absolute atomic E-state index is 0.0203. The Bertz CT molecular complexity index is 1040. The van der Waals surface area contributed by atoms with Gasteiger partial charge in [-0.05, 0) is 44.2 Å². The van der Waals surface area contributed by atoms with Crippen molar-refractivity contribution >= 4 is 23.3 Å². The second-order valence-electron chi connectivity index (χ2n) is 6.42. The van der Waals surface area contributed by atoms with Crippen LogP contribution in [0.3, 0.4) is 0 Å². The molecule has 0 radical (unpaired) electrons. The van der Waals surface area contributed by atoms with E-state index in [-0.39, 0.29) is 18.4 Å². The van der Waals surface area contributed by atoms with Gasteiger partial charge in [0, 0.05) is 11.6 Å². The molecule has 136 valence electrons. The number of aryl methyl sites for hydroxylation is 2. The topological polar surface area (TPSA) is 85.3 Å². The van der Waals surface area contributed by atoms with Crippen LogP contribution >= 0.6 is 0 Å². The average Bonchev–Trinajstić information content (AvgIpc) is 3.01. The van der Waals surface area contributed by atoms with Crippen molar-refractivity contribution in [1.82, 2.24) is 9.78 Å². The van der Waals surface area contributed by atoms with Gasteiger partial charge >= 0.3 is 0 Å². The first-order valence-corrected chi connectivity index (χ1v) is 8.51. The molecule has 3 aromatic rings. The van der Waals surface area contributed by atoms with Crippen molar-refractivity contribution in [3.63, 3.8) is 0 Å². The molecule has 1 aliphatic heterocycles. The Morgan fingerprint density at radius 1 is 1.15 bits per heavy atom. The molecular weight excluding hydrogens is 344 g/mol. The molecule has 0 saturated heterocycles. The smallest absolute Gasteiger partial charge is 0.262 e. The summed E-state index contributed by atoms with van der Waals surface area (Å²) in [5.41, 5.74) is 3.69. The monoisotopic (exact) mass is 362 g/mol. The summed E-state index contributed by atoms with van der Waals surface area (Å²) in [7, 11) is 0. The Morgan fingerprint density at radius 3 is 2.70 bits per heavy atom. The van der Waals surface area contributed by atoms with Crippen LogP contribution in [-0.4, -0.2) is 28.2 Å². The predicted molar refractivity (Wildman–Crippen MR) is 102 cm³/mol. The van der Waals surface area contributed by atoms with E-state index in [2.05, 4.69) is 15.7 Å². The van der Waals surface area contributed by atoms with Gasteiger partial charge in [-0.15, -0.1) is 0 Å².